The van der Waals surface area contributed by atoms with Crippen LogP contribution in [0.1, 0.15) is 43.5 Å². The van der Waals surface area contributed by atoms with Gasteiger partial charge in [-0.1, -0.05) is 19.9 Å². The van der Waals surface area contributed by atoms with Gasteiger partial charge in [0.05, 0.1) is 11.3 Å². The van der Waals surface area contributed by atoms with E-state index < -0.39 is 0 Å². The SMILES string of the molecule is CC(C)CCN(C(=O)c1cccc2c1OCCN2)C1CC1. The zero-order chi connectivity index (χ0) is 14.8. The van der Waals surface area contributed by atoms with Crippen molar-refractivity contribution >= 4 is 11.6 Å². The van der Waals surface area contributed by atoms with Crippen LogP contribution in [0.2, 0.25) is 0 Å². The lowest BCUT2D eigenvalue weighted by molar-refractivity contribution is 0.0731. The van der Waals surface area contributed by atoms with Gasteiger partial charge in [0, 0.05) is 19.1 Å². The Hall–Kier alpha value is -1.71. The third-order valence-corrected chi connectivity index (χ3v) is 4.11. The summed E-state index contributed by atoms with van der Waals surface area (Å²) in [6.07, 6.45) is 3.33. The maximum atomic E-state index is 12.9. The van der Waals surface area contributed by atoms with E-state index >= 15 is 0 Å². The van der Waals surface area contributed by atoms with Gasteiger partial charge in [-0.25, -0.2) is 0 Å². The summed E-state index contributed by atoms with van der Waals surface area (Å²) >= 11 is 0. The van der Waals surface area contributed by atoms with Crippen molar-refractivity contribution in [3.63, 3.8) is 0 Å². The van der Waals surface area contributed by atoms with Crippen molar-refractivity contribution in [2.24, 2.45) is 5.92 Å². The van der Waals surface area contributed by atoms with Crippen LogP contribution in [-0.4, -0.2) is 36.5 Å². The normalized spacial score (nSPS) is 16.9. The number of ether oxygens (including phenoxy) is 1. The Kier molecular flexibility index (Phi) is 4.04. The van der Waals surface area contributed by atoms with Crippen molar-refractivity contribution in [2.45, 2.75) is 39.2 Å². The fourth-order valence-corrected chi connectivity index (χ4v) is 2.73. The second kappa shape index (κ2) is 5.96. The second-order valence-electron chi connectivity index (χ2n) is 6.37. The summed E-state index contributed by atoms with van der Waals surface area (Å²) in [7, 11) is 0. The van der Waals surface area contributed by atoms with Gasteiger partial charge in [-0.05, 0) is 37.3 Å². The van der Waals surface area contributed by atoms with E-state index in [9.17, 15) is 4.79 Å². The molecule has 21 heavy (non-hydrogen) atoms. The minimum atomic E-state index is 0.124. The van der Waals surface area contributed by atoms with Crippen LogP contribution in [0.5, 0.6) is 5.75 Å². The van der Waals surface area contributed by atoms with Crippen molar-refractivity contribution < 1.29 is 9.53 Å². The summed E-state index contributed by atoms with van der Waals surface area (Å²) < 4.78 is 5.74. The highest BCUT2D eigenvalue weighted by molar-refractivity contribution is 5.99. The predicted octanol–water partition coefficient (Wildman–Crippen LogP) is 3.14. The van der Waals surface area contributed by atoms with Gasteiger partial charge in [-0.3, -0.25) is 4.79 Å². The summed E-state index contributed by atoms with van der Waals surface area (Å²) in [5.41, 5.74) is 1.64. The molecule has 1 heterocycles. The number of nitrogens with one attached hydrogen (secondary N) is 1. The summed E-state index contributed by atoms with van der Waals surface area (Å²) in [6.45, 7) is 6.66. The molecule has 1 N–H and O–H groups in total. The van der Waals surface area contributed by atoms with Gasteiger partial charge in [-0.15, -0.1) is 0 Å². The van der Waals surface area contributed by atoms with Crippen LogP contribution in [0.25, 0.3) is 0 Å². The van der Waals surface area contributed by atoms with Crippen LogP contribution < -0.4 is 10.1 Å². The van der Waals surface area contributed by atoms with Crippen molar-refractivity contribution in [1.82, 2.24) is 4.90 Å². The molecule has 0 radical (unpaired) electrons. The van der Waals surface area contributed by atoms with E-state index in [-0.39, 0.29) is 5.91 Å². The minimum Gasteiger partial charge on any atom is -0.489 e. The first-order chi connectivity index (χ1) is 10.2. The van der Waals surface area contributed by atoms with Crippen LogP contribution in [0.15, 0.2) is 18.2 Å². The first-order valence-electron chi connectivity index (χ1n) is 7.97. The van der Waals surface area contributed by atoms with Gasteiger partial charge in [0.1, 0.15) is 6.61 Å². The molecule has 1 fully saturated rings. The molecule has 0 saturated heterocycles. The first kappa shape index (κ1) is 14.2. The number of nitrogens with zero attached hydrogens (tertiary/aromatic N) is 1. The van der Waals surface area contributed by atoms with E-state index in [4.69, 9.17) is 4.74 Å². The number of rotatable bonds is 5. The van der Waals surface area contributed by atoms with Crippen molar-refractivity contribution in [3.05, 3.63) is 23.8 Å². The predicted molar refractivity (Wildman–Crippen MR) is 83.9 cm³/mol. The maximum Gasteiger partial charge on any atom is 0.257 e. The number of carbonyl (C=O) groups is 1. The number of anilines is 1. The van der Waals surface area contributed by atoms with Gasteiger partial charge in [0.25, 0.3) is 5.91 Å². The Morgan fingerprint density at radius 3 is 2.95 bits per heavy atom. The Morgan fingerprint density at radius 1 is 1.43 bits per heavy atom. The molecule has 1 aromatic carbocycles. The summed E-state index contributed by atoms with van der Waals surface area (Å²) in [5.74, 6) is 1.46. The Balaban J connectivity index is 1.82. The molecule has 2 aliphatic rings. The molecule has 1 aromatic rings. The zero-order valence-electron chi connectivity index (χ0n) is 12.9. The number of para-hydroxylation sites is 1. The van der Waals surface area contributed by atoms with Crippen LogP contribution in [0, 0.1) is 5.92 Å². The summed E-state index contributed by atoms with van der Waals surface area (Å²) in [4.78, 5) is 15.0. The van der Waals surface area contributed by atoms with Gasteiger partial charge in [0.2, 0.25) is 0 Å². The molecule has 4 nitrogen and oxygen atoms in total. The van der Waals surface area contributed by atoms with E-state index in [0.717, 1.165) is 43.8 Å². The van der Waals surface area contributed by atoms with E-state index in [1.165, 1.54) is 0 Å². The molecule has 114 valence electrons. The second-order valence-corrected chi connectivity index (χ2v) is 6.37. The molecule has 1 aliphatic carbocycles. The number of benzene rings is 1. The maximum absolute atomic E-state index is 12.9. The number of amides is 1. The highest BCUT2D eigenvalue weighted by atomic mass is 16.5. The standard InChI is InChI=1S/C17H24N2O2/c1-12(2)8-10-19(13-6-7-13)17(20)14-4-3-5-15-16(14)21-11-9-18-15/h3-5,12-13,18H,6-11H2,1-2H3. The molecular formula is C17H24N2O2. The Bertz CT molecular complexity index is 524. The highest BCUT2D eigenvalue weighted by Crippen LogP contribution is 2.35. The topological polar surface area (TPSA) is 41.6 Å². The number of carbonyl (C=O) groups excluding carboxylic acids is 1. The molecule has 0 spiro atoms. The number of fused-ring (bicyclic) bond motifs is 1. The molecule has 1 amide bonds. The molecule has 4 heteroatoms. The van der Waals surface area contributed by atoms with Crippen LogP contribution in [0.4, 0.5) is 5.69 Å². The molecule has 0 unspecified atom stereocenters. The van der Waals surface area contributed by atoms with E-state index in [0.29, 0.717) is 24.1 Å². The lowest BCUT2D eigenvalue weighted by Gasteiger charge is -2.27. The van der Waals surface area contributed by atoms with E-state index in [1.54, 1.807) is 0 Å². The van der Waals surface area contributed by atoms with E-state index in [2.05, 4.69) is 19.2 Å². The lowest BCUT2D eigenvalue weighted by atomic mass is 10.1. The molecular weight excluding hydrogens is 264 g/mol. The molecule has 3 rings (SSSR count). The Labute approximate surface area is 126 Å². The molecule has 1 aliphatic heterocycles. The van der Waals surface area contributed by atoms with Crippen molar-refractivity contribution in [1.29, 1.82) is 0 Å². The first-order valence-corrected chi connectivity index (χ1v) is 7.97. The average Bonchev–Trinajstić information content (AvgIpc) is 3.31. The fourth-order valence-electron chi connectivity index (χ4n) is 2.73. The lowest BCUT2D eigenvalue weighted by Crippen LogP contribution is -2.35. The highest BCUT2D eigenvalue weighted by Gasteiger charge is 2.34. The van der Waals surface area contributed by atoms with E-state index in [1.807, 2.05) is 23.1 Å². The average molecular weight is 288 g/mol. The van der Waals surface area contributed by atoms with Crippen LogP contribution >= 0.6 is 0 Å². The van der Waals surface area contributed by atoms with Crippen molar-refractivity contribution in [2.75, 3.05) is 25.0 Å². The van der Waals surface area contributed by atoms with Crippen molar-refractivity contribution in [3.8, 4) is 5.75 Å². The number of hydrogen-bond donors (Lipinski definition) is 1. The van der Waals surface area contributed by atoms with Gasteiger partial charge in [0.15, 0.2) is 5.75 Å². The minimum absolute atomic E-state index is 0.124. The van der Waals surface area contributed by atoms with Gasteiger partial charge < -0.3 is 15.0 Å². The largest absolute Gasteiger partial charge is 0.489 e. The van der Waals surface area contributed by atoms with Gasteiger partial charge in [-0.2, -0.15) is 0 Å². The quantitative estimate of drug-likeness (QED) is 0.905. The third kappa shape index (κ3) is 3.14. The third-order valence-electron chi connectivity index (χ3n) is 4.11. The monoisotopic (exact) mass is 288 g/mol. The number of hydrogen-bond acceptors (Lipinski definition) is 3. The van der Waals surface area contributed by atoms with Crippen LogP contribution in [0.3, 0.4) is 0 Å². The summed E-state index contributed by atoms with van der Waals surface area (Å²) in [5, 5.41) is 3.30. The molecule has 1 saturated carbocycles. The summed E-state index contributed by atoms with van der Waals surface area (Å²) in [6, 6.07) is 6.23. The molecule has 0 bridgehead atoms. The fraction of sp³-hybridized carbons (Fsp3) is 0.588. The smallest absolute Gasteiger partial charge is 0.257 e. The molecule has 0 aromatic heterocycles. The Morgan fingerprint density at radius 2 is 2.24 bits per heavy atom. The van der Waals surface area contributed by atoms with Crippen LogP contribution in [-0.2, 0) is 0 Å². The van der Waals surface area contributed by atoms with Gasteiger partial charge >= 0.3 is 0 Å². The molecule has 0 atom stereocenters. The zero-order valence-corrected chi connectivity index (χ0v) is 12.9.